The van der Waals surface area contributed by atoms with Crippen molar-refractivity contribution in [1.29, 1.82) is 0 Å². The molecule has 0 N–H and O–H groups in total. The maximum absolute atomic E-state index is 17.4. The van der Waals surface area contributed by atoms with Crippen molar-refractivity contribution in [2.45, 2.75) is 164 Å². The van der Waals surface area contributed by atoms with Gasteiger partial charge in [-0.3, -0.25) is 9.80 Å². The molecular weight excluding hydrogens is 741 g/mol. The molecule has 5 heteroatoms. The highest BCUT2D eigenvalue weighted by atomic mass is 32.2. The molecule has 0 aliphatic carbocycles. The summed E-state index contributed by atoms with van der Waals surface area (Å²) in [7, 11) is 4.04. The first-order valence-electron chi connectivity index (χ1n) is 23.5. The Balaban J connectivity index is 1.95. The van der Waals surface area contributed by atoms with Gasteiger partial charge in [0.1, 0.15) is 9.74 Å². The second-order valence-corrected chi connectivity index (χ2v) is 20.1. The molecule has 4 aromatic carbocycles. The van der Waals surface area contributed by atoms with Crippen LogP contribution in [0.15, 0.2) is 121 Å². The minimum absolute atomic E-state index is 0.423. The topological polar surface area (TPSA) is 40.6 Å². The first kappa shape index (κ1) is 48.4. The summed E-state index contributed by atoms with van der Waals surface area (Å²) in [4.78, 5) is 1.70. The zero-order valence-electron chi connectivity index (χ0n) is 38.0. The van der Waals surface area contributed by atoms with Gasteiger partial charge in [-0.15, -0.1) is 0 Å². The van der Waals surface area contributed by atoms with E-state index in [9.17, 15) is 0 Å². The van der Waals surface area contributed by atoms with Gasteiger partial charge in [-0.05, 0) is 63.3 Å². The molecule has 0 radical (unpaired) electrons. The summed E-state index contributed by atoms with van der Waals surface area (Å²) in [6, 6.07) is 42.1. The molecule has 0 bridgehead atoms. The number of likely N-dealkylation sites (N-methyl/N-ethyl adjacent to an activating group) is 2. The van der Waals surface area contributed by atoms with Crippen molar-refractivity contribution in [3.8, 4) is 0 Å². The minimum Gasteiger partial charge on any atom is -0.290 e. The summed E-state index contributed by atoms with van der Waals surface area (Å²) in [6.45, 7) is 4.54. The minimum atomic E-state index is -4.14. The van der Waals surface area contributed by atoms with Crippen molar-refractivity contribution >= 4 is 9.84 Å². The van der Waals surface area contributed by atoms with Gasteiger partial charge >= 0.3 is 0 Å². The normalized spacial score (nSPS) is 14.3. The molecule has 59 heavy (non-hydrogen) atoms. The fraction of sp³-hybridized carbons (Fsp3) is 0.556. The molecule has 0 aliphatic heterocycles. The molecule has 2 atom stereocenters. The zero-order chi connectivity index (χ0) is 42.4. The van der Waals surface area contributed by atoms with Crippen LogP contribution < -0.4 is 0 Å². The van der Waals surface area contributed by atoms with Gasteiger partial charge in [-0.1, -0.05) is 251 Å². The standard InChI is InChI=1S/C54H80N2O2S/c1-7-9-11-13-15-17-19-21-35-45-53(55(3)4,51(47-37-27-23-28-38-47)48-39-29-24-30-40-48)59(57,58)54(56(5)6,46-36-22-20-18-16-14-12-10-8-2)52(49-41-31-25-32-42-49)50-43-33-26-34-44-50/h23-34,37-44,51-52H,7-22,35-36,45-46H2,1-6H3. The Labute approximate surface area is 362 Å². The van der Waals surface area contributed by atoms with Gasteiger partial charge < -0.3 is 0 Å². The van der Waals surface area contributed by atoms with E-state index in [-0.39, 0.29) is 0 Å². The molecule has 0 saturated heterocycles. The van der Waals surface area contributed by atoms with Crippen molar-refractivity contribution in [2.24, 2.45) is 0 Å². The number of hydrogen-bond donors (Lipinski definition) is 0. The van der Waals surface area contributed by atoms with Gasteiger partial charge in [-0.25, -0.2) is 8.42 Å². The predicted octanol–water partition coefficient (Wildman–Crippen LogP) is 14.4. The Kier molecular flexibility index (Phi) is 20.9. The lowest BCUT2D eigenvalue weighted by Crippen LogP contribution is -2.67. The third-order valence-electron chi connectivity index (χ3n) is 13.2. The third-order valence-corrected chi connectivity index (χ3v) is 16.6. The van der Waals surface area contributed by atoms with Crippen LogP contribution in [0.4, 0.5) is 0 Å². The van der Waals surface area contributed by atoms with E-state index in [1.165, 1.54) is 77.0 Å². The first-order chi connectivity index (χ1) is 28.7. The molecule has 0 aliphatic rings. The average molecular weight is 821 g/mol. The lowest BCUT2D eigenvalue weighted by molar-refractivity contribution is 0.154. The molecule has 2 unspecified atom stereocenters. The Morgan fingerprint density at radius 2 is 0.593 bits per heavy atom. The van der Waals surface area contributed by atoms with Crippen LogP contribution in [0.3, 0.4) is 0 Å². The van der Waals surface area contributed by atoms with Crippen molar-refractivity contribution in [3.05, 3.63) is 144 Å². The van der Waals surface area contributed by atoms with Gasteiger partial charge in [-0.2, -0.15) is 0 Å². The SMILES string of the molecule is CCCCCCCCCCCC(C(c1ccccc1)c1ccccc1)(N(C)C)S(=O)(=O)C(CCCCCCCCCCC)(C(c1ccccc1)c1ccccc1)N(C)C. The molecular formula is C54H80N2O2S. The number of hydrogen-bond acceptors (Lipinski definition) is 4. The Hall–Kier alpha value is -3.25. The summed E-state index contributed by atoms with van der Waals surface area (Å²) < 4.78 is 34.8. The number of rotatable bonds is 30. The summed E-state index contributed by atoms with van der Waals surface area (Å²) in [5.41, 5.74) is 4.16. The number of benzene rings is 4. The van der Waals surface area contributed by atoms with Gasteiger partial charge in [0.25, 0.3) is 0 Å². The molecule has 0 fully saturated rings. The quantitative estimate of drug-likeness (QED) is 0.0491. The summed E-state index contributed by atoms with van der Waals surface area (Å²) >= 11 is 0. The Morgan fingerprint density at radius 1 is 0.373 bits per heavy atom. The van der Waals surface area contributed by atoms with Gasteiger partial charge in [0, 0.05) is 11.8 Å². The number of nitrogens with zero attached hydrogens (tertiary/aromatic N) is 2. The van der Waals surface area contributed by atoms with E-state index in [0.717, 1.165) is 60.8 Å². The van der Waals surface area contributed by atoms with Crippen LogP contribution in [0.1, 0.15) is 176 Å². The third kappa shape index (κ3) is 12.4. The highest BCUT2D eigenvalue weighted by Gasteiger charge is 2.64. The maximum atomic E-state index is 17.4. The molecule has 4 rings (SSSR count). The molecule has 0 aromatic heterocycles. The van der Waals surface area contributed by atoms with Crippen molar-refractivity contribution in [1.82, 2.24) is 9.80 Å². The smallest absolute Gasteiger partial charge is 0.190 e. The van der Waals surface area contributed by atoms with Gasteiger partial charge in [0.2, 0.25) is 0 Å². The van der Waals surface area contributed by atoms with E-state index < -0.39 is 31.4 Å². The highest BCUT2D eigenvalue weighted by molar-refractivity contribution is 7.94. The molecule has 4 aromatic rings. The van der Waals surface area contributed by atoms with E-state index >= 15 is 8.42 Å². The van der Waals surface area contributed by atoms with Crippen LogP contribution in [0.5, 0.6) is 0 Å². The molecule has 0 spiro atoms. The molecule has 0 heterocycles. The van der Waals surface area contributed by atoms with Crippen LogP contribution in [0.25, 0.3) is 0 Å². The maximum Gasteiger partial charge on any atom is 0.190 e. The second kappa shape index (κ2) is 25.5. The fourth-order valence-corrected chi connectivity index (χ4v) is 13.6. The summed E-state index contributed by atoms with van der Waals surface area (Å²) in [5.74, 6) is -0.845. The van der Waals surface area contributed by atoms with E-state index in [1.807, 2.05) is 52.5 Å². The molecule has 324 valence electrons. The predicted molar refractivity (Wildman–Crippen MR) is 255 cm³/mol. The van der Waals surface area contributed by atoms with Crippen LogP contribution in [0, 0.1) is 0 Å². The van der Waals surface area contributed by atoms with Crippen LogP contribution in [-0.2, 0) is 9.84 Å². The van der Waals surface area contributed by atoms with E-state index in [1.54, 1.807) is 0 Å². The fourth-order valence-electron chi connectivity index (χ4n) is 10.0. The van der Waals surface area contributed by atoms with E-state index in [4.69, 9.17) is 0 Å². The zero-order valence-corrected chi connectivity index (χ0v) is 38.8. The van der Waals surface area contributed by atoms with Gasteiger partial charge in [0.15, 0.2) is 9.84 Å². The van der Waals surface area contributed by atoms with Gasteiger partial charge in [0.05, 0.1) is 0 Å². The van der Waals surface area contributed by atoms with Crippen LogP contribution >= 0.6 is 0 Å². The van der Waals surface area contributed by atoms with Crippen molar-refractivity contribution < 1.29 is 8.42 Å². The van der Waals surface area contributed by atoms with Crippen LogP contribution in [-0.4, -0.2) is 56.2 Å². The highest BCUT2D eigenvalue weighted by Crippen LogP contribution is 2.55. The lowest BCUT2D eigenvalue weighted by atomic mass is 9.80. The number of unbranched alkanes of at least 4 members (excludes halogenated alkanes) is 16. The average Bonchev–Trinajstić information content (AvgIpc) is 3.25. The van der Waals surface area contributed by atoms with Crippen molar-refractivity contribution in [2.75, 3.05) is 28.2 Å². The Morgan fingerprint density at radius 3 is 0.814 bits per heavy atom. The van der Waals surface area contributed by atoms with Crippen molar-refractivity contribution in [3.63, 3.8) is 0 Å². The van der Waals surface area contributed by atoms with E-state index in [0.29, 0.717) is 12.8 Å². The molecule has 4 nitrogen and oxygen atoms in total. The lowest BCUT2D eigenvalue weighted by Gasteiger charge is -2.55. The molecule has 0 amide bonds. The summed E-state index contributed by atoms with van der Waals surface area (Å²) in [5, 5.41) is 0. The number of sulfone groups is 1. The second-order valence-electron chi connectivity index (χ2n) is 17.6. The van der Waals surface area contributed by atoms with Crippen LogP contribution in [0.2, 0.25) is 0 Å². The Bertz CT molecular complexity index is 1580. The summed E-state index contributed by atoms with van der Waals surface area (Å²) in [6.07, 6.45) is 22.3. The largest absolute Gasteiger partial charge is 0.290 e. The monoisotopic (exact) mass is 821 g/mol. The molecule has 0 saturated carbocycles. The van der Waals surface area contributed by atoms with E-state index in [2.05, 4.69) is 121 Å². The first-order valence-corrected chi connectivity index (χ1v) is 25.0.